The van der Waals surface area contributed by atoms with Gasteiger partial charge in [-0.25, -0.2) is 0 Å². The van der Waals surface area contributed by atoms with Crippen molar-refractivity contribution in [3.05, 3.63) is 277 Å². The van der Waals surface area contributed by atoms with Gasteiger partial charge in [-0.1, -0.05) is 203 Å². The molecule has 0 unspecified atom stereocenters. The van der Waals surface area contributed by atoms with Crippen LogP contribution in [0.25, 0.3) is 58.8 Å². The number of nitrogens with zero attached hydrogens (tertiary/aromatic N) is 3. The van der Waals surface area contributed by atoms with Gasteiger partial charge in [0.2, 0.25) is 0 Å². The number of fused-ring (bicyclic) bond motifs is 10. The summed E-state index contributed by atoms with van der Waals surface area (Å²) in [7, 11) is 0. The molecule has 11 aromatic carbocycles. The number of aromatic nitrogens is 1. The summed E-state index contributed by atoms with van der Waals surface area (Å²) in [5, 5.41) is 2.43. The van der Waals surface area contributed by atoms with Crippen molar-refractivity contribution in [2.75, 3.05) is 9.80 Å². The summed E-state index contributed by atoms with van der Waals surface area (Å²) in [6.07, 6.45) is 0. The highest BCUT2D eigenvalue weighted by atomic mass is 32.1. The molecule has 0 saturated carbocycles. The summed E-state index contributed by atoms with van der Waals surface area (Å²) in [6, 6.07) is 70.4. The van der Waals surface area contributed by atoms with Crippen LogP contribution >= 0.6 is 11.3 Å². The predicted octanol–water partition coefficient (Wildman–Crippen LogP) is 17.6. The lowest BCUT2D eigenvalue weighted by Crippen LogP contribution is -2.61. The second-order valence-electron chi connectivity index (χ2n) is 21.5. The molecule has 0 radical (unpaired) electrons. The van der Waals surface area contributed by atoms with E-state index in [-0.39, 0.29) is 58.1 Å². The van der Waals surface area contributed by atoms with Gasteiger partial charge in [-0.05, 0) is 129 Å². The first-order valence-electron chi connectivity index (χ1n) is 30.3. The van der Waals surface area contributed by atoms with Crippen LogP contribution in [0.3, 0.4) is 0 Å². The Morgan fingerprint density at radius 1 is 0.377 bits per heavy atom. The van der Waals surface area contributed by atoms with Crippen molar-refractivity contribution >= 4 is 111 Å². The van der Waals surface area contributed by atoms with Crippen LogP contribution in [-0.2, 0) is 10.8 Å². The Labute approximate surface area is 465 Å². The van der Waals surface area contributed by atoms with Gasteiger partial charge in [0.25, 0.3) is 6.71 Å². The number of para-hydroxylation sites is 2. The molecule has 0 N–H and O–H groups in total. The van der Waals surface area contributed by atoms with Gasteiger partial charge in [-0.2, -0.15) is 0 Å². The minimum atomic E-state index is -0.522. The van der Waals surface area contributed by atoms with Crippen molar-refractivity contribution in [1.82, 2.24) is 4.57 Å². The van der Waals surface area contributed by atoms with E-state index in [0.29, 0.717) is 5.69 Å². The van der Waals surface area contributed by atoms with E-state index in [9.17, 15) is 5.48 Å². The average molecular weight is 1010 g/mol. The summed E-state index contributed by atoms with van der Waals surface area (Å²) in [5.74, 6) is 0. The number of thiophene rings is 1. The molecule has 15 rings (SSSR count). The molecular formula is C72H54BN3S. The molecular weight excluding hydrogens is 950 g/mol. The van der Waals surface area contributed by atoms with E-state index in [1.807, 2.05) is 18.2 Å². The van der Waals surface area contributed by atoms with E-state index in [0.717, 1.165) is 83.0 Å². The van der Waals surface area contributed by atoms with Gasteiger partial charge in [0, 0.05) is 81.6 Å². The van der Waals surface area contributed by atoms with Gasteiger partial charge in [0.1, 0.15) is 0 Å². The van der Waals surface area contributed by atoms with Gasteiger partial charge in [-0.15, -0.1) is 11.3 Å². The molecule has 77 heavy (non-hydrogen) atoms. The van der Waals surface area contributed by atoms with Gasteiger partial charge in [0.05, 0.1) is 22.0 Å². The summed E-state index contributed by atoms with van der Waals surface area (Å²) in [4.78, 5) is 4.81. The highest BCUT2D eigenvalue weighted by Crippen LogP contribution is 2.50. The maximum Gasteiger partial charge on any atom is 0.252 e. The fourth-order valence-electron chi connectivity index (χ4n) is 12.4. The standard InChI is InChI=1S/C72H54BN3S/c1-71(2,49-22-10-6-11-23-49)51-34-38-54(39-35-51)74-64-44-55(76-62-29-17-14-26-56(62)57-27-15-18-30-63(57)76)40-41-60(64)73-61-46-69-59(58-28-16-19-31-68(58)77-69)45-65(61)75(53-36-32-48(33-37-53)47-20-8-5-9-21-47)67-43-52(42-66(74)70(67)73)72(3,4)50-24-12-7-13-25-50/h5-46H,1-4H3/i14D,15D,17D,18D,26D,27D,29D,30D. The molecule has 0 bridgehead atoms. The normalized spacial score (nSPS) is 14.6. The van der Waals surface area contributed by atoms with Crippen LogP contribution < -0.4 is 26.2 Å². The Bertz CT molecular complexity index is 4850. The zero-order valence-electron chi connectivity index (χ0n) is 51.0. The van der Waals surface area contributed by atoms with E-state index in [1.54, 1.807) is 15.9 Å². The first kappa shape index (κ1) is 37.8. The van der Waals surface area contributed by atoms with Crippen LogP contribution in [0.4, 0.5) is 34.1 Å². The molecule has 2 aromatic heterocycles. The predicted molar refractivity (Wildman–Crippen MR) is 330 cm³/mol. The first-order valence-corrected chi connectivity index (χ1v) is 27.1. The van der Waals surface area contributed by atoms with Crippen molar-refractivity contribution in [3.8, 4) is 16.8 Å². The molecule has 0 aliphatic carbocycles. The van der Waals surface area contributed by atoms with Gasteiger partial charge in [0.15, 0.2) is 0 Å². The Balaban J connectivity index is 1.07. The van der Waals surface area contributed by atoms with Crippen molar-refractivity contribution in [3.63, 3.8) is 0 Å². The largest absolute Gasteiger partial charge is 0.311 e. The number of benzene rings is 11. The second kappa shape index (κ2) is 17.3. The third kappa shape index (κ3) is 7.03. The van der Waals surface area contributed by atoms with Crippen molar-refractivity contribution in [2.24, 2.45) is 0 Å². The quantitative estimate of drug-likeness (QED) is 0.141. The first-order chi connectivity index (χ1) is 41.0. The van der Waals surface area contributed by atoms with Crippen LogP contribution in [0, 0.1) is 0 Å². The van der Waals surface area contributed by atoms with E-state index in [1.165, 1.54) is 21.0 Å². The third-order valence-electron chi connectivity index (χ3n) is 16.6. The summed E-state index contributed by atoms with van der Waals surface area (Å²) in [5.41, 5.74) is 15.5. The molecule has 0 fully saturated rings. The SMILES string of the molecule is [2H]c1c([2H])c([2H])c2c(c1[2H])c1c([2H])c([2H])c([2H])c([2H])c1n2-c1ccc2c(c1)N(c1ccc(C(C)(C)c3ccccc3)cc1)c1cc(C(C)(C)c3ccccc3)cc3c1B2c1cc2sc4ccccc4c2cc1N3c1ccc(-c2ccccc2)cc1. The molecule has 2 aliphatic rings. The second-order valence-corrected chi connectivity index (χ2v) is 22.6. The molecule has 4 heterocycles. The lowest BCUT2D eigenvalue weighted by Gasteiger charge is -2.45. The smallest absolute Gasteiger partial charge is 0.252 e. The molecule has 0 spiro atoms. The molecule has 366 valence electrons. The van der Waals surface area contributed by atoms with Crippen molar-refractivity contribution in [1.29, 1.82) is 0 Å². The summed E-state index contributed by atoms with van der Waals surface area (Å²) < 4.78 is 77.3. The minimum Gasteiger partial charge on any atom is -0.311 e. The van der Waals surface area contributed by atoms with Crippen LogP contribution in [0.15, 0.2) is 255 Å². The van der Waals surface area contributed by atoms with Gasteiger partial charge in [-0.3, -0.25) is 0 Å². The fraction of sp³-hybridized carbons (Fsp3) is 0.0833. The molecule has 5 heteroatoms. The van der Waals surface area contributed by atoms with Crippen LogP contribution in [0.5, 0.6) is 0 Å². The Kier molecular flexibility index (Phi) is 8.50. The summed E-state index contributed by atoms with van der Waals surface area (Å²) in [6.45, 7) is 8.73. The Morgan fingerprint density at radius 3 is 1.49 bits per heavy atom. The Hall–Kier alpha value is -8.90. The molecule has 3 nitrogen and oxygen atoms in total. The summed E-state index contributed by atoms with van der Waals surface area (Å²) >= 11 is 1.79. The zero-order chi connectivity index (χ0) is 58.5. The van der Waals surface area contributed by atoms with Gasteiger partial charge >= 0.3 is 0 Å². The number of hydrogen-bond acceptors (Lipinski definition) is 3. The zero-order valence-corrected chi connectivity index (χ0v) is 43.8. The number of rotatable bonds is 8. The fourth-order valence-corrected chi connectivity index (χ4v) is 13.6. The van der Waals surface area contributed by atoms with E-state index in [4.69, 9.17) is 5.48 Å². The van der Waals surface area contributed by atoms with E-state index >= 15 is 0 Å². The van der Waals surface area contributed by atoms with E-state index < -0.39 is 29.6 Å². The van der Waals surface area contributed by atoms with Crippen LogP contribution in [0.2, 0.25) is 0 Å². The molecule has 0 saturated heterocycles. The Morgan fingerprint density at radius 2 is 0.870 bits per heavy atom. The third-order valence-corrected chi connectivity index (χ3v) is 17.8. The number of anilines is 6. The van der Waals surface area contributed by atoms with Crippen molar-refractivity contribution in [2.45, 2.75) is 38.5 Å². The molecule has 0 atom stereocenters. The average Bonchev–Trinajstić information content (AvgIpc) is 1.69. The van der Waals surface area contributed by atoms with E-state index in [2.05, 4.69) is 226 Å². The lowest BCUT2D eigenvalue weighted by molar-refractivity contribution is 0.640. The molecule has 13 aromatic rings. The maximum atomic E-state index is 9.53. The molecule has 2 aliphatic heterocycles. The minimum absolute atomic E-state index is 0.0346. The highest BCUT2D eigenvalue weighted by molar-refractivity contribution is 7.26. The monoisotopic (exact) mass is 1010 g/mol. The van der Waals surface area contributed by atoms with Crippen LogP contribution in [-0.4, -0.2) is 11.3 Å². The van der Waals surface area contributed by atoms with Crippen molar-refractivity contribution < 1.29 is 11.0 Å². The highest BCUT2D eigenvalue weighted by Gasteiger charge is 2.45. The van der Waals surface area contributed by atoms with Gasteiger partial charge < -0.3 is 14.4 Å². The number of hydrogen-bond donors (Lipinski definition) is 0. The molecule has 0 amide bonds. The lowest BCUT2D eigenvalue weighted by atomic mass is 9.33. The maximum absolute atomic E-state index is 9.53. The topological polar surface area (TPSA) is 11.4 Å². The van der Waals surface area contributed by atoms with Crippen LogP contribution in [0.1, 0.15) is 60.9 Å².